The maximum Gasteiger partial charge on any atom is 0.413 e. The van der Waals surface area contributed by atoms with Gasteiger partial charge in [0.2, 0.25) is 5.91 Å². The molecule has 1 saturated carbocycles. The molecule has 36 heavy (non-hydrogen) atoms. The van der Waals surface area contributed by atoms with Crippen molar-refractivity contribution < 1.29 is 33.0 Å². The zero-order valence-electron chi connectivity index (χ0n) is 20.2. The van der Waals surface area contributed by atoms with E-state index < -0.39 is 30.3 Å². The number of hydrogen-bond acceptors (Lipinski definition) is 4. The molecule has 0 spiro atoms. The molecular formula is C26H29F2N3O5. The van der Waals surface area contributed by atoms with E-state index in [9.17, 15) is 18.4 Å². The van der Waals surface area contributed by atoms with Crippen LogP contribution in [0.25, 0.3) is 5.69 Å². The van der Waals surface area contributed by atoms with Gasteiger partial charge in [-0.3, -0.25) is 14.9 Å². The van der Waals surface area contributed by atoms with E-state index in [0.29, 0.717) is 17.2 Å². The fourth-order valence-corrected chi connectivity index (χ4v) is 3.20. The summed E-state index contributed by atoms with van der Waals surface area (Å²) in [4.78, 5) is 32.4. The topological polar surface area (TPSA) is 110 Å². The number of halogens is 2. The Balaban J connectivity index is 0.000000850. The summed E-state index contributed by atoms with van der Waals surface area (Å²) in [5.74, 6) is -4.33. The molecule has 8 nitrogen and oxygen atoms in total. The van der Waals surface area contributed by atoms with Gasteiger partial charge in [-0.1, -0.05) is 38.1 Å². The minimum atomic E-state index is -2.90. The lowest BCUT2D eigenvalue weighted by Gasteiger charge is -2.12. The van der Waals surface area contributed by atoms with E-state index in [-0.39, 0.29) is 13.1 Å². The quantitative estimate of drug-likeness (QED) is 0.367. The molecule has 1 aromatic heterocycles. The number of nitrogens with one attached hydrogen (secondary N) is 2. The maximum atomic E-state index is 13.0. The number of alkyl halides is 2. The van der Waals surface area contributed by atoms with E-state index in [1.165, 1.54) is 0 Å². The number of aryl methyl sites for hydroxylation is 1. The lowest BCUT2D eigenvalue weighted by atomic mass is 10.1. The molecule has 1 heterocycles. The predicted octanol–water partition coefficient (Wildman–Crippen LogP) is 5.86. The Hall–Kier alpha value is -4.21. The molecule has 10 heteroatoms. The van der Waals surface area contributed by atoms with Crippen LogP contribution in [-0.4, -0.2) is 34.1 Å². The number of carbonyl (C=O) groups is 3. The first-order chi connectivity index (χ1) is 17.2. The summed E-state index contributed by atoms with van der Waals surface area (Å²) in [6.45, 7) is 5.86. The zero-order valence-corrected chi connectivity index (χ0v) is 20.2. The van der Waals surface area contributed by atoms with E-state index in [2.05, 4.69) is 10.6 Å². The molecule has 1 unspecified atom stereocenters. The van der Waals surface area contributed by atoms with Crippen molar-refractivity contribution in [1.29, 1.82) is 0 Å². The van der Waals surface area contributed by atoms with Crippen molar-refractivity contribution in [3.05, 3.63) is 78.0 Å². The SMILES string of the molecule is CC.Cc1ccccc1COC(=O)Nc1cccn1-c1ccc(NC(=O)C2CC2(F)F)cc1.O=CO. The summed E-state index contributed by atoms with van der Waals surface area (Å²) in [7, 11) is 0. The zero-order chi connectivity index (χ0) is 26.7. The summed E-state index contributed by atoms with van der Waals surface area (Å²) in [6, 6.07) is 17.8. The van der Waals surface area contributed by atoms with Crippen LogP contribution in [0.5, 0.6) is 0 Å². The highest BCUT2D eigenvalue weighted by Gasteiger charge is 2.61. The van der Waals surface area contributed by atoms with Crippen molar-refractivity contribution in [2.75, 3.05) is 10.6 Å². The summed E-state index contributed by atoms with van der Waals surface area (Å²) >= 11 is 0. The lowest BCUT2D eigenvalue weighted by molar-refractivity contribution is -0.123. The van der Waals surface area contributed by atoms with Crippen LogP contribution in [0.4, 0.5) is 25.1 Å². The van der Waals surface area contributed by atoms with Gasteiger partial charge >= 0.3 is 6.09 Å². The van der Waals surface area contributed by atoms with E-state index in [1.54, 1.807) is 47.2 Å². The molecule has 3 N–H and O–H groups in total. The van der Waals surface area contributed by atoms with Gasteiger partial charge in [0, 0.05) is 24.0 Å². The number of hydrogen-bond donors (Lipinski definition) is 3. The highest BCUT2D eigenvalue weighted by atomic mass is 19.3. The number of amides is 2. The summed E-state index contributed by atoms with van der Waals surface area (Å²) in [5.41, 5.74) is 3.11. The molecule has 1 fully saturated rings. The Kier molecular flexibility index (Phi) is 10.1. The van der Waals surface area contributed by atoms with Crippen molar-refractivity contribution >= 4 is 30.0 Å². The molecule has 0 bridgehead atoms. The normalized spacial score (nSPS) is 14.6. The monoisotopic (exact) mass is 501 g/mol. The molecule has 0 saturated heterocycles. The second kappa shape index (κ2) is 13.0. The fraction of sp³-hybridized carbons (Fsp3) is 0.269. The first kappa shape index (κ1) is 28.0. The van der Waals surface area contributed by atoms with Gasteiger partial charge in [0.25, 0.3) is 12.4 Å². The molecule has 0 aliphatic heterocycles. The minimum Gasteiger partial charge on any atom is -0.483 e. The van der Waals surface area contributed by atoms with Crippen LogP contribution >= 0.6 is 0 Å². The van der Waals surface area contributed by atoms with Crippen LogP contribution in [0.3, 0.4) is 0 Å². The van der Waals surface area contributed by atoms with Crippen LogP contribution in [0.15, 0.2) is 66.9 Å². The number of benzene rings is 2. The Bertz CT molecular complexity index is 1160. The highest BCUT2D eigenvalue weighted by molar-refractivity contribution is 5.95. The van der Waals surface area contributed by atoms with Crippen molar-refractivity contribution in [1.82, 2.24) is 4.57 Å². The van der Waals surface area contributed by atoms with E-state index in [0.717, 1.165) is 11.1 Å². The van der Waals surface area contributed by atoms with E-state index >= 15 is 0 Å². The average molecular weight is 502 g/mol. The number of nitrogens with zero attached hydrogens (tertiary/aromatic N) is 1. The maximum absolute atomic E-state index is 13.0. The van der Waals surface area contributed by atoms with Crippen LogP contribution in [0.2, 0.25) is 0 Å². The molecule has 1 aliphatic rings. The Labute approximate surface area is 207 Å². The lowest BCUT2D eigenvalue weighted by Crippen LogP contribution is -2.17. The summed E-state index contributed by atoms with van der Waals surface area (Å²) < 4.78 is 33.1. The third-order valence-electron chi connectivity index (χ3n) is 5.15. The van der Waals surface area contributed by atoms with Gasteiger partial charge in [-0.2, -0.15) is 0 Å². The molecule has 1 aliphatic carbocycles. The van der Waals surface area contributed by atoms with Gasteiger partial charge in [0.05, 0.1) is 0 Å². The molecule has 2 aromatic carbocycles. The Morgan fingerprint density at radius 3 is 2.28 bits per heavy atom. The van der Waals surface area contributed by atoms with Crippen molar-refractivity contribution in [3.63, 3.8) is 0 Å². The predicted molar refractivity (Wildman–Crippen MR) is 132 cm³/mol. The first-order valence-electron chi connectivity index (χ1n) is 11.3. The number of rotatable bonds is 6. The number of aromatic nitrogens is 1. The summed E-state index contributed by atoms with van der Waals surface area (Å²) in [6.07, 6.45) is 0.766. The third-order valence-corrected chi connectivity index (χ3v) is 5.15. The molecular weight excluding hydrogens is 472 g/mol. The molecule has 3 aromatic rings. The van der Waals surface area contributed by atoms with Crippen LogP contribution in [0.1, 0.15) is 31.4 Å². The number of ether oxygens (including phenoxy) is 1. The van der Waals surface area contributed by atoms with Gasteiger partial charge < -0.3 is 19.7 Å². The molecule has 1 atom stereocenters. The Morgan fingerprint density at radius 2 is 1.69 bits per heavy atom. The fourth-order valence-electron chi connectivity index (χ4n) is 3.20. The number of anilines is 2. The first-order valence-corrected chi connectivity index (χ1v) is 11.3. The third kappa shape index (κ3) is 7.66. The van der Waals surface area contributed by atoms with Gasteiger partial charge in [-0.25, -0.2) is 13.6 Å². The van der Waals surface area contributed by atoms with Crippen LogP contribution in [-0.2, 0) is 20.9 Å². The van der Waals surface area contributed by atoms with Crippen LogP contribution < -0.4 is 10.6 Å². The van der Waals surface area contributed by atoms with Gasteiger partial charge in [0.15, 0.2) is 0 Å². The molecule has 192 valence electrons. The summed E-state index contributed by atoms with van der Waals surface area (Å²) in [5, 5.41) is 12.1. The highest BCUT2D eigenvalue weighted by Crippen LogP contribution is 2.49. The average Bonchev–Trinajstić information content (AvgIpc) is 3.27. The second-order valence-electron chi connectivity index (χ2n) is 7.55. The molecule has 2 amide bonds. The standard InChI is InChI=1S/C23H21F2N3O3.C2H6.CH2O2/c1-15-5-2-3-6-16(15)14-31-22(30)27-20-7-4-12-28(20)18-10-8-17(9-11-18)26-21(29)19-13-23(19,24)25;1-2;2-1-3/h2-12,19H,13-14H2,1H3,(H,26,29)(H,27,30);1-2H3;1H,(H,2,3). The number of carboxylic acid groups (broad SMARTS) is 1. The smallest absolute Gasteiger partial charge is 0.413 e. The second-order valence-corrected chi connectivity index (χ2v) is 7.55. The minimum absolute atomic E-state index is 0.160. The molecule has 4 rings (SSSR count). The largest absolute Gasteiger partial charge is 0.483 e. The molecule has 0 radical (unpaired) electrons. The Morgan fingerprint density at radius 1 is 1.08 bits per heavy atom. The van der Waals surface area contributed by atoms with Crippen molar-refractivity contribution in [3.8, 4) is 5.69 Å². The van der Waals surface area contributed by atoms with Gasteiger partial charge in [-0.05, 0) is 54.4 Å². The van der Waals surface area contributed by atoms with Gasteiger partial charge in [0.1, 0.15) is 18.3 Å². The van der Waals surface area contributed by atoms with E-state index in [1.807, 2.05) is 45.0 Å². The van der Waals surface area contributed by atoms with Crippen molar-refractivity contribution in [2.45, 2.75) is 39.7 Å². The van der Waals surface area contributed by atoms with Crippen molar-refractivity contribution in [2.24, 2.45) is 5.92 Å². The van der Waals surface area contributed by atoms with Gasteiger partial charge in [-0.15, -0.1) is 0 Å². The van der Waals surface area contributed by atoms with E-state index in [4.69, 9.17) is 14.6 Å². The number of carbonyl (C=O) groups excluding carboxylic acids is 2. The van der Waals surface area contributed by atoms with Crippen LogP contribution in [0, 0.1) is 12.8 Å².